The number of rotatable bonds is 6. The van der Waals surface area contributed by atoms with Crippen LogP contribution in [0.3, 0.4) is 0 Å². The summed E-state index contributed by atoms with van der Waals surface area (Å²) in [6.07, 6.45) is 0. The highest BCUT2D eigenvalue weighted by atomic mass is 32.2. The first-order valence-electron chi connectivity index (χ1n) is 7.60. The van der Waals surface area contributed by atoms with Crippen molar-refractivity contribution in [2.24, 2.45) is 5.41 Å². The third kappa shape index (κ3) is 2.46. The van der Waals surface area contributed by atoms with Crippen molar-refractivity contribution < 1.29 is 22.6 Å². The first-order valence-corrected chi connectivity index (χ1v) is 9.31. The van der Waals surface area contributed by atoms with Gasteiger partial charge in [0, 0.05) is 18.3 Å². The minimum Gasteiger partial charge on any atom is -0.454 e. The molecule has 1 aromatic rings. The van der Waals surface area contributed by atoms with Crippen molar-refractivity contribution in [1.29, 1.82) is 5.26 Å². The molecule has 2 aliphatic rings. The Morgan fingerprint density at radius 1 is 1.35 bits per heavy atom. The van der Waals surface area contributed by atoms with Gasteiger partial charge in [0.1, 0.15) is 5.41 Å². The van der Waals surface area contributed by atoms with Gasteiger partial charge in [0.05, 0.1) is 17.9 Å². The Kier molecular flexibility index (Phi) is 3.98. The molecule has 3 rings (SSSR count). The molecule has 0 aromatic heterocycles. The minimum absolute atomic E-state index is 0.00821. The SMILES string of the molecule is CCOC[C@@]1(C#N)[C@@H](c2ccc3c(c2)OCO3)[C@@H]1S(=O)(=O)CC. The summed E-state index contributed by atoms with van der Waals surface area (Å²) in [6, 6.07) is 7.56. The molecule has 6 nitrogen and oxygen atoms in total. The second kappa shape index (κ2) is 5.69. The number of ether oxygens (including phenoxy) is 3. The number of benzene rings is 1. The van der Waals surface area contributed by atoms with E-state index in [2.05, 4.69) is 6.07 Å². The minimum atomic E-state index is -3.36. The number of hydrogen-bond donors (Lipinski definition) is 0. The monoisotopic (exact) mass is 337 g/mol. The summed E-state index contributed by atoms with van der Waals surface area (Å²) >= 11 is 0. The maximum atomic E-state index is 12.5. The topological polar surface area (TPSA) is 85.6 Å². The van der Waals surface area contributed by atoms with Crippen LogP contribution in [-0.2, 0) is 14.6 Å². The van der Waals surface area contributed by atoms with Crippen LogP contribution in [0.25, 0.3) is 0 Å². The fraction of sp³-hybridized carbons (Fsp3) is 0.562. The maximum absolute atomic E-state index is 12.5. The van der Waals surface area contributed by atoms with Crippen LogP contribution in [-0.4, -0.2) is 39.4 Å². The van der Waals surface area contributed by atoms with E-state index in [0.717, 1.165) is 5.56 Å². The Balaban J connectivity index is 2.00. The zero-order chi connectivity index (χ0) is 16.7. The van der Waals surface area contributed by atoms with Gasteiger partial charge in [-0.15, -0.1) is 0 Å². The molecule has 3 atom stereocenters. The average molecular weight is 337 g/mol. The predicted octanol–water partition coefficient (Wildman–Crippen LogP) is 1.86. The average Bonchev–Trinajstić information content (AvgIpc) is 3.01. The van der Waals surface area contributed by atoms with Gasteiger partial charge in [-0.25, -0.2) is 8.42 Å². The molecule has 124 valence electrons. The Morgan fingerprint density at radius 2 is 2.09 bits per heavy atom. The van der Waals surface area contributed by atoms with Crippen molar-refractivity contribution >= 4 is 9.84 Å². The zero-order valence-electron chi connectivity index (χ0n) is 13.1. The second-order valence-electron chi connectivity index (χ2n) is 5.75. The number of sulfone groups is 1. The standard InChI is InChI=1S/C16H19NO5S/c1-3-20-9-16(8-17)14(15(16)23(18,19)4-2)11-5-6-12-13(7-11)22-10-21-12/h5-7,14-15H,3-4,9-10H2,1-2H3/t14-,15-,16-/m0/s1. The summed E-state index contributed by atoms with van der Waals surface area (Å²) in [4.78, 5) is 0. The van der Waals surface area contributed by atoms with Crippen molar-refractivity contribution in [1.82, 2.24) is 0 Å². The molecule has 7 heteroatoms. The molecule has 0 spiro atoms. The van der Waals surface area contributed by atoms with Gasteiger partial charge in [-0.3, -0.25) is 0 Å². The van der Waals surface area contributed by atoms with Crippen LogP contribution in [0.4, 0.5) is 0 Å². The highest BCUT2D eigenvalue weighted by molar-refractivity contribution is 7.92. The number of hydrogen-bond acceptors (Lipinski definition) is 6. The molecular weight excluding hydrogens is 318 g/mol. The molecule has 1 aliphatic carbocycles. The van der Waals surface area contributed by atoms with Crippen LogP contribution in [0.2, 0.25) is 0 Å². The molecule has 1 saturated carbocycles. The van der Waals surface area contributed by atoms with Crippen molar-refractivity contribution in [2.45, 2.75) is 25.0 Å². The zero-order valence-corrected chi connectivity index (χ0v) is 13.9. The summed E-state index contributed by atoms with van der Waals surface area (Å²) in [5, 5.41) is 8.95. The third-order valence-electron chi connectivity index (χ3n) is 4.55. The smallest absolute Gasteiger partial charge is 0.231 e. The highest BCUT2D eigenvalue weighted by Gasteiger charge is 2.71. The summed E-state index contributed by atoms with van der Waals surface area (Å²) in [6.45, 7) is 4.14. The van der Waals surface area contributed by atoms with Gasteiger partial charge >= 0.3 is 0 Å². The van der Waals surface area contributed by atoms with Gasteiger partial charge in [-0.05, 0) is 24.6 Å². The third-order valence-corrected chi connectivity index (χ3v) is 6.83. The Labute approximate surface area is 135 Å². The molecule has 1 fully saturated rings. The molecule has 0 N–H and O–H groups in total. The lowest BCUT2D eigenvalue weighted by Crippen LogP contribution is -2.20. The van der Waals surface area contributed by atoms with Crippen molar-refractivity contribution in [3.63, 3.8) is 0 Å². The number of nitriles is 1. The van der Waals surface area contributed by atoms with E-state index in [4.69, 9.17) is 14.2 Å². The molecule has 0 radical (unpaired) electrons. The van der Waals surface area contributed by atoms with Crippen LogP contribution < -0.4 is 9.47 Å². The Bertz CT molecular complexity index is 754. The molecule has 1 aliphatic heterocycles. The van der Waals surface area contributed by atoms with Crippen molar-refractivity contribution in [2.75, 3.05) is 25.8 Å². The van der Waals surface area contributed by atoms with E-state index in [1.54, 1.807) is 25.1 Å². The van der Waals surface area contributed by atoms with Crippen molar-refractivity contribution in [3.05, 3.63) is 23.8 Å². The Morgan fingerprint density at radius 3 is 2.74 bits per heavy atom. The molecule has 0 saturated heterocycles. The first-order chi connectivity index (χ1) is 11.0. The Hall–Kier alpha value is -1.78. The molecular formula is C16H19NO5S. The van der Waals surface area contributed by atoms with Crippen LogP contribution in [0.15, 0.2) is 18.2 Å². The normalized spacial score (nSPS) is 28.4. The molecule has 1 aromatic carbocycles. The van der Waals surface area contributed by atoms with Crippen LogP contribution >= 0.6 is 0 Å². The van der Waals surface area contributed by atoms with E-state index in [1.807, 2.05) is 6.92 Å². The number of nitrogens with zero attached hydrogens (tertiary/aromatic N) is 1. The highest BCUT2D eigenvalue weighted by Crippen LogP contribution is 2.63. The summed E-state index contributed by atoms with van der Waals surface area (Å²) in [5.41, 5.74) is -0.254. The lowest BCUT2D eigenvalue weighted by molar-refractivity contribution is 0.117. The number of fused-ring (bicyclic) bond motifs is 1. The molecule has 0 amide bonds. The van der Waals surface area contributed by atoms with Crippen LogP contribution in [0.5, 0.6) is 11.5 Å². The van der Waals surface area contributed by atoms with Crippen LogP contribution in [0, 0.1) is 16.7 Å². The van der Waals surface area contributed by atoms with E-state index >= 15 is 0 Å². The van der Waals surface area contributed by atoms with Gasteiger partial charge in [-0.1, -0.05) is 13.0 Å². The first kappa shape index (κ1) is 16.1. The van der Waals surface area contributed by atoms with E-state index in [1.165, 1.54) is 0 Å². The molecule has 0 bridgehead atoms. The largest absolute Gasteiger partial charge is 0.454 e. The lowest BCUT2D eigenvalue weighted by atomic mass is 10.0. The molecule has 0 unspecified atom stereocenters. The van der Waals surface area contributed by atoms with E-state index in [9.17, 15) is 13.7 Å². The maximum Gasteiger partial charge on any atom is 0.231 e. The summed E-state index contributed by atoms with van der Waals surface area (Å²) in [7, 11) is -3.36. The van der Waals surface area contributed by atoms with E-state index in [-0.39, 0.29) is 19.2 Å². The van der Waals surface area contributed by atoms with Gasteiger partial charge < -0.3 is 14.2 Å². The van der Waals surface area contributed by atoms with Crippen LogP contribution in [0.1, 0.15) is 25.3 Å². The fourth-order valence-corrected chi connectivity index (χ4v) is 5.30. The van der Waals surface area contributed by atoms with E-state index < -0.39 is 26.4 Å². The molecule has 23 heavy (non-hydrogen) atoms. The van der Waals surface area contributed by atoms with Gasteiger partial charge in [-0.2, -0.15) is 5.26 Å². The molecule has 1 heterocycles. The summed E-state index contributed by atoms with van der Waals surface area (Å²) < 4.78 is 41.0. The summed E-state index contributed by atoms with van der Waals surface area (Å²) in [5.74, 6) is 0.828. The lowest BCUT2D eigenvalue weighted by Gasteiger charge is -2.09. The second-order valence-corrected chi connectivity index (χ2v) is 8.16. The fourth-order valence-electron chi connectivity index (χ4n) is 3.30. The van der Waals surface area contributed by atoms with Crippen molar-refractivity contribution in [3.8, 4) is 17.6 Å². The van der Waals surface area contributed by atoms with Gasteiger partial charge in [0.25, 0.3) is 0 Å². The predicted molar refractivity (Wildman–Crippen MR) is 83.1 cm³/mol. The van der Waals surface area contributed by atoms with Gasteiger partial charge in [0.15, 0.2) is 21.3 Å². The van der Waals surface area contributed by atoms with E-state index in [0.29, 0.717) is 18.1 Å². The quantitative estimate of drug-likeness (QED) is 0.787. The van der Waals surface area contributed by atoms with Gasteiger partial charge in [0.2, 0.25) is 6.79 Å².